The van der Waals surface area contributed by atoms with E-state index in [0.29, 0.717) is 0 Å². The van der Waals surface area contributed by atoms with E-state index in [9.17, 15) is 0 Å². The minimum Gasteiger partial charge on any atom is -0.398 e. The van der Waals surface area contributed by atoms with Crippen LogP contribution >= 0.6 is 0 Å². The average molecular weight is 298 g/mol. The van der Waals surface area contributed by atoms with E-state index in [-0.39, 0.29) is 11.5 Å². The van der Waals surface area contributed by atoms with Gasteiger partial charge in [0.25, 0.3) is 0 Å². The lowest BCUT2D eigenvalue weighted by Crippen LogP contribution is -2.39. The number of aryl methyl sites for hydroxylation is 2. The summed E-state index contributed by atoms with van der Waals surface area (Å²) in [5.41, 5.74) is 18.7. The highest BCUT2D eigenvalue weighted by molar-refractivity contribution is 5.78. The molecule has 0 amide bonds. The van der Waals surface area contributed by atoms with Gasteiger partial charge in [-0.25, -0.2) is 0 Å². The Kier molecular flexibility index (Phi) is 5.12. The van der Waals surface area contributed by atoms with Gasteiger partial charge in [0.1, 0.15) is 0 Å². The van der Waals surface area contributed by atoms with Gasteiger partial charge in [-0.2, -0.15) is 0 Å². The van der Waals surface area contributed by atoms with Crippen LogP contribution in [0.3, 0.4) is 0 Å². The summed E-state index contributed by atoms with van der Waals surface area (Å²) < 4.78 is 0. The molecule has 1 unspecified atom stereocenters. The molecule has 0 heterocycles. The van der Waals surface area contributed by atoms with Gasteiger partial charge in [0.2, 0.25) is 0 Å². The lowest BCUT2D eigenvalue weighted by molar-refractivity contribution is 0.313. The molecule has 1 aliphatic carbocycles. The fraction of sp³-hybridized carbons (Fsp3) is 0.500. The number of allylic oxidation sites excluding steroid dienone is 2. The fourth-order valence-corrected chi connectivity index (χ4v) is 3.49. The Labute approximate surface area is 135 Å². The van der Waals surface area contributed by atoms with Gasteiger partial charge < -0.3 is 11.5 Å². The average Bonchev–Trinajstić information content (AvgIpc) is 2.56. The SMILES string of the molecule is CCc1cc(C2=CC(CC)(CC)C(N)C=C2)cc(CC)c1N. The normalized spacial score (nSPS) is 20.0. The summed E-state index contributed by atoms with van der Waals surface area (Å²) in [5.74, 6) is 0. The van der Waals surface area contributed by atoms with E-state index in [1.165, 1.54) is 22.3 Å². The Morgan fingerprint density at radius 1 is 1.00 bits per heavy atom. The molecule has 0 aliphatic heterocycles. The second-order valence-electron chi connectivity index (χ2n) is 6.34. The molecule has 4 N–H and O–H groups in total. The Morgan fingerprint density at radius 2 is 1.55 bits per heavy atom. The van der Waals surface area contributed by atoms with Crippen LogP contribution in [0.5, 0.6) is 0 Å². The van der Waals surface area contributed by atoms with Crippen LogP contribution < -0.4 is 11.5 Å². The predicted octanol–water partition coefficient (Wildman–Crippen LogP) is 4.48. The molecule has 0 aromatic heterocycles. The van der Waals surface area contributed by atoms with Crippen molar-refractivity contribution in [3.05, 3.63) is 47.1 Å². The van der Waals surface area contributed by atoms with E-state index in [0.717, 1.165) is 31.4 Å². The molecule has 1 aromatic carbocycles. The number of rotatable bonds is 5. The van der Waals surface area contributed by atoms with E-state index < -0.39 is 0 Å². The van der Waals surface area contributed by atoms with Crippen LogP contribution in [0.4, 0.5) is 5.69 Å². The van der Waals surface area contributed by atoms with Crippen molar-refractivity contribution in [1.29, 1.82) is 0 Å². The van der Waals surface area contributed by atoms with E-state index in [1.54, 1.807) is 0 Å². The number of benzene rings is 1. The number of nitrogens with two attached hydrogens (primary N) is 2. The molecule has 0 spiro atoms. The Bertz CT molecular complexity index is 567. The first-order valence-electron chi connectivity index (χ1n) is 8.59. The maximum atomic E-state index is 6.36. The molecule has 1 atom stereocenters. The molecule has 2 rings (SSSR count). The van der Waals surface area contributed by atoms with Gasteiger partial charge in [-0.05, 0) is 60.1 Å². The van der Waals surface area contributed by atoms with E-state index in [2.05, 4.69) is 58.1 Å². The van der Waals surface area contributed by atoms with Crippen molar-refractivity contribution in [1.82, 2.24) is 0 Å². The Morgan fingerprint density at radius 3 is 2.00 bits per heavy atom. The van der Waals surface area contributed by atoms with E-state index in [4.69, 9.17) is 11.5 Å². The fourth-order valence-electron chi connectivity index (χ4n) is 3.49. The van der Waals surface area contributed by atoms with E-state index >= 15 is 0 Å². The van der Waals surface area contributed by atoms with Gasteiger partial charge in [0, 0.05) is 17.1 Å². The quantitative estimate of drug-likeness (QED) is 0.787. The lowest BCUT2D eigenvalue weighted by Gasteiger charge is -2.36. The molecule has 0 radical (unpaired) electrons. The van der Waals surface area contributed by atoms with Crippen LogP contribution in [0.2, 0.25) is 0 Å². The van der Waals surface area contributed by atoms with Crippen molar-refractivity contribution in [2.45, 2.75) is 59.4 Å². The molecule has 0 saturated heterocycles. The van der Waals surface area contributed by atoms with Crippen molar-refractivity contribution >= 4 is 11.3 Å². The van der Waals surface area contributed by atoms with Crippen molar-refractivity contribution in [2.24, 2.45) is 11.1 Å². The van der Waals surface area contributed by atoms with Crippen LogP contribution in [0.1, 0.15) is 57.2 Å². The Balaban J connectivity index is 2.54. The summed E-state index contributed by atoms with van der Waals surface area (Å²) in [7, 11) is 0. The lowest BCUT2D eigenvalue weighted by atomic mass is 9.71. The van der Waals surface area contributed by atoms with Gasteiger partial charge in [-0.1, -0.05) is 45.9 Å². The zero-order valence-electron chi connectivity index (χ0n) is 14.4. The first kappa shape index (κ1) is 16.8. The first-order valence-corrected chi connectivity index (χ1v) is 8.59. The molecule has 1 aliphatic rings. The number of nitrogen functional groups attached to an aromatic ring is 1. The third-order valence-electron chi connectivity index (χ3n) is 5.35. The molecule has 1 aromatic rings. The molecule has 0 saturated carbocycles. The van der Waals surface area contributed by atoms with Crippen LogP contribution in [-0.2, 0) is 12.8 Å². The molecular weight excluding hydrogens is 268 g/mol. The maximum absolute atomic E-state index is 6.36. The minimum absolute atomic E-state index is 0.0736. The highest BCUT2D eigenvalue weighted by Crippen LogP contribution is 2.39. The summed E-state index contributed by atoms with van der Waals surface area (Å²) >= 11 is 0. The van der Waals surface area contributed by atoms with Crippen molar-refractivity contribution in [3.8, 4) is 0 Å². The predicted molar refractivity (Wildman–Crippen MR) is 97.7 cm³/mol. The summed E-state index contributed by atoms with van der Waals surface area (Å²) in [4.78, 5) is 0. The van der Waals surface area contributed by atoms with E-state index in [1.807, 2.05) is 0 Å². The second kappa shape index (κ2) is 6.70. The van der Waals surface area contributed by atoms with Gasteiger partial charge in [0.15, 0.2) is 0 Å². The molecule has 0 bridgehead atoms. The smallest absolute Gasteiger partial charge is 0.0379 e. The van der Waals surface area contributed by atoms with Gasteiger partial charge in [-0.3, -0.25) is 0 Å². The molecule has 22 heavy (non-hydrogen) atoms. The van der Waals surface area contributed by atoms with Gasteiger partial charge >= 0.3 is 0 Å². The van der Waals surface area contributed by atoms with Crippen molar-refractivity contribution < 1.29 is 0 Å². The zero-order chi connectivity index (χ0) is 16.3. The number of anilines is 1. The van der Waals surface area contributed by atoms with Crippen LogP contribution in [0.15, 0.2) is 30.4 Å². The van der Waals surface area contributed by atoms with Crippen LogP contribution in [0, 0.1) is 5.41 Å². The third kappa shape index (κ3) is 2.85. The maximum Gasteiger partial charge on any atom is 0.0379 e. The summed E-state index contributed by atoms with van der Waals surface area (Å²) in [5, 5.41) is 0. The zero-order valence-corrected chi connectivity index (χ0v) is 14.4. The highest BCUT2D eigenvalue weighted by Gasteiger charge is 2.32. The molecule has 0 fully saturated rings. The second-order valence-corrected chi connectivity index (χ2v) is 6.34. The molecule has 2 heteroatoms. The highest BCUT2D eigenvalue weighted by atomic mass is 14.7. The summed E-state index contributed by atoms with van der Waals surface area (Å²) in [6, 6.07) is 4.60. The monoisotopic (exact) mass is 298 g/mol. The van der Waals surface area contributed by atoms with Gasteiger partial charge in [0.05, 0.1) is 0 Å². The van der Waals surface area contributed by atoms with Crippen LogP contribution in [0.25, 0.3) is 5.57 Å². The standard InChI is InChI=1S/C20H30N2/c1-5-14-11-17(12-15(6-2)19(14)22)16-9-10-18(21)20(7-3,8-4)13-16/h9-13,18H,5-8,21-22H2,1-4H3. The molecule has 120 valence electrons. The summed E-state index contributed by atoms with van der Waals surface area (Å²) in [6.45, 7) is 8.79. The van der Waals surface area contributed by atoms with Crippen LogP contribution in [-0.4, -0.2) is 6.04 Å². The van der Waals surface area contributed by atoms with Crippen molar-refractivity contribution in [3.63, 3.8) is 0 Å². The van der Waals surface area contributed by atoms with Crippen molar-refractivity contribution in [2.75, 3.05) is 5.73 Å². The largest absolute Gasteiger partial charge is 0.398 e. The topological polar surface area (TPSA) is 52.0 Å². The molecule has 2 nitrogen and oxygen atoms in total. The minimum atomic E-state index is 0.0736. The first-order chi connectivity index (χ1) is 10.5. The third-order valence-corrected chi connectivity index (χ3v) is 5.35. The number of hydrogen-bond acceptors (Lipinski definition) is 2. The Hall–Kier alpha value is -1.54. The number of hydrogen-bond donors (Lipinski definition) is 2. The summed E-state index contributed by atoms with van der Waals surface area (Å²) in [6.07, 6.45) is 10.8. The molecular formula is C20H30N2. The van der Waals surface area contributed by atoms with Gasteiger partial charge in [-0.15, -0.1) is 0 Å².